The minimum absolute atomic E-state index is 0.0652. The Kier molecular flexibility index (Phi) is 19.3. The van der Waals surface area contributed by atoms with Crippen molar-refractivity contribution in [2.45, 2.75) is 51.9 Å². The van der Waals surface area contributed by atoms with Gasteiger partial charge in [-0.2, -0.15) is 8.42 Å². The third-order valence-electron chi connectivity index (χ3n) is 3.47. The summed E-state index contributed by atoms with van der Waals surface area (Å²) in [5.74, 6) is 0. The van der Waals surface area contributed by atoms with E-state index < -0.39 is 10.4 Å². The predicted molar refractivity (Wildman–Crippen MR) is 98.8 cm³/mol. The van der Waals surface area contributed by atoms with Crippen LogP contribution in [0.3, 0.4) is 0 Å². The summed E-state index contributed by atoms with van der Waals surface area (Å²) in [7, 11) is -4.39. The smallest absolute Gasteiger partial charge is 0.379 e. The van der Waals surface area contributed by atoms with Crippen molar-refractivity contribution in [3.05, 3.63) is 0 Å². The van der Waals surface area contributed by atoms with E-state index in [1.165, 1.54) is 38.5 Å². The molecule has 0 bridgehead atoms. The van der Waals surface area contributed by atoms with Crippen LogP contribution in [0.15, 0.2) is 0 Å². The van der Waals surface area contributed by atoms with E-state index >= 15 is 0 Å². The van der Waals surface area contributed by atoms with Crippen molar-refractivity contribution >= 4 is 10.4 Å². The van der Waals surface area contributed by atoms with Gasteiger partial charge in [0.1, 0.15) is 0 Å². The second-order valence-electron chi connectivity index (χ2n) is 5.82. The number of hydrogen-bond acceptors (Lipinski definition) is 7. The molecule has 0 aromatic carbocycles. The molecule has 8 nitrogen and oxygen atoms in total. The van der Waals surface area contributed by atoms with Crippen LogP contribution in [0.1, 0.15) is 51.9 Å². The molecule has 0 fully saturated rings. The van der Waals surface area contributed by atoms with E-state index in [-0.39, 0.29) is 13.2 Å². The number of rotatable bonds is 21. The molecule has 0 spiro atoms. The maximum Gasteiger partial charge on any atom is 0.397 e. The summed E-state index contributed by atoms with van der Waals surface area (Å²) in [5.41, 5.74) is 0. The minimum Gasteiger partial charge on any atom is -0.379 e. The van der Waals surface area contributed by atoms with E-state index in [2.05, 4.69) is 11.1 Å². The Morgan fingerprint density at radius 2 is 0.962 bits per heavy atom. The Morgan fingerprint density at radius 1 is 0.577 bits per heavy atom. The van der Waals surface area contributed by atoms with Crippen LogP contribution in [0.5, 0.6) is 0 Å². The van der Waals surface area contributed by atoms with Gasteiger partial charge in [0.25, 0.3) is 0 Å². The standard InChI is InChI=1S/C17H36O8S/c1-2-3-4-5-6-7-8-9-21-10-11-22-12-13-23-14-15-24-16-17-25-26(18,19)20/h2-17H2,1H3,(H,18,19,20). The van der Waals surface area contributed by atoms with Crippen molar-refractivity contribution in [2.24, 2.45) is 0 Å². The molecule has 1 N–H and O–H groups in total. The molecular formula is C17H36O8S. The molecule has 0 rings (SSSR count). The zero-order valence-corrected chi connectivity index (χ0v) is 16.8. The van der Waals surface area contributed by atoms with Crippen LogP contribution in [0.25, 0.3) is 0 Å². The molecule has 9 heteroatoms. The second kappa shape index (κ2) is 19.5. The zero-order valence-electron chi connectivity index (χ0n) is 16.0. The van der Waals surface area contributed by atoms with Gasteiger partial charge in [0.15, 0.2) is 0 Å². The van der Waals surface area contributed by atoms with Gasteiger partial charge in [0.05, 0.1) is 52.9 Å². The molecule has 0 amide bonds. The number of unbranched alkanes of at least 4 members (excludes halogenated alkanes) is 6. The lowest BCUT2D eigenvalue weighted by Crippen LogP contribution is -2.14. The first-order chi connectivity index (χ1) is 12.6. The largest absolute Gasteiger partial charge is 0.397 e. The molecule has 0 unspecified atom stereocenters. The van der Waals surface area contributed by atoms with Crippen molar-refractivity contribution < 1.29 is 36.1 Å². The Labute approximate surface area is 158 Å². The minimum atomic E-state index is -4.39. The highest BCUT2D eigenvalue weighted by Gasteiger charge is 2.02. The molecule has 26 heavy (non-hydrogen) atoms. The highest BCUT2D eigenvalue weighted by molar-refractivity contribution is 7.80. The van der Waals surface area contributed by atoms with E-state index in [1.807, 2.05) is 0 Å². The van der Waals surface area contributed by atoms with Crippen molar-refractivity contribution in [1.29, 1.82) is 0 Å². The second-order valence-corrected chi connectivity index (χ2v) is 6.91. The fourth-order valence-corrected chi connectivity index (χ4v) is 2.40. The lowest BCUT2D eigenvalue weighted by atomic mass is 10.1. The van der Waals surface area contributed by atoms with Crippen molar-refractivity contribution in [1.82, 2.24) is 0 Å². The van der Waals surface area contributed by atoms with Gasteiger partial charge >= 0.3 is 10.4 Å². The summed E-state index contributed by atoms with van der Waals surface area (Å²) in [6.45, 7) is 5.68. The average molecular weight is 401 g/mol. The van der Waals surface area contributed by atoms with Crippen LogP contribution in [0, 0.1) is 0 Å². The third kappa shape index (κ3) is 23.7. The number of hydrogen-bond donors (Lipinski definition) is 1. The van der Waals surface area contributed by atoms with Gasteiger partial charge in [-0.05, 0) is 6.42 Å². The lowest BCUT2D eigenvalue weighted by Gasteiger charge is -2.07. The molecule has 0 saturated heterocycles. The summed E-state index contributed by atoms with van der Waals surface area (Å²) >= 11 is 0. The van der Waals surface area contributed by atoms with Gasteiger partial charge in [-0.3, -0.25) is 4.55 Å². The van der Waals surface area contributed by atoms with Crippen LogP contribution >= 0.6 is 0 Å². The van der Waals surface area contributed by atoms with Crippen molar-refractivity contribution in [2.75, 3.05) is 59.5 Å². The summed E-state index contributed by atoms with van der Waals surface area (Å²) in [5, 5.41) is 0. The van der Waals surface area contributed by atoms with Crippen LogP contribution < -0.4 is 0 Å². The van der Waals surface area contributed by atoms with Gasteiger partial charge in [0, 0.05) is 6.61 Å². The summed E-state index contributed by atoms with van der Waals surface area (Å²) in [4.78, 5) is 0. The van der Waals surface area contributed by atoms with Gasteiger partial charge in [-0.1, -0.05) is 45.4 Å². The first-order valence-electron chi connectivity index (χ1n) is 9.49. The fraction of sp³-hybridized carbons (Fsp3) is 1.00. The Bertz CT molecular complexity index is 375. The summed E-state index contributed by atoms with van der Waals surface area (Å²) in [6, 6.07) is 0. The molecule has 0 aliphatic carbocycles. The first kappa shape index (κ1) is 25.7. The zero-order chi connectivity index (χ0) is 19.3. The molecule has 0 atom stereocenters. The molecule has 0 aliphatic heterocycles. The fourth-order valence-electron chi connectivity index (χ4n) is 2.12. The maximum absolute atomic E-state index is 10.3. The summed E-state index contributed by atoms with van der Waals surface area (Å²) in [6.07, 6.45) is 8.97. The van der Waals surface area contributed by atoms with Crippen molar-refractivity contribution in [3.8, 4) is 0 Å². The van der Waals surface area contributed by atoms with Gasteiger partial charge < -0.3 is 18.9 Å². The highest BCUT2D eigenvalue weighted by atomic mass is 32.3. The molecule has 0 saturated carbocycles. The highest BCUT2D eigenvalue weighted by Crippen LogP contribution is 2.06. The van der Waals surface area contributed by atoms with Gasteiger partial charge in [0.2, 0.25) is 0 Å². The molecule has 0 aliphatic rings. The average Bonchev–Trinajstić information content (AvgIpc) is 2.59. The summed E-state index contributed by atoms with van der Waals surface area (Å²) < 4.78 is 54.2. The first-order valence-corrected chi connectivity index (χ1v) is 10.9. The normalized spacial score (nSPS) is 11.9. The van der Waals surface area contributed by atoms with E-state index in [0.717, 1.165) is 13.0 Å². The Balaban J connectivity index is 3.03. The maximum atomic E-state index is 10.3. The van der Waals surface area contributed by atoms with Crippen molar-refractivity contribution in [3.63, 3.8) is 0 Å². The molecule has 0 aromatic heterocycles. The third-order valence-corrected chi connectivity index (χ3v) is 3.93. The molecule has 0 radical (unpaired) electrons. The molecule has 0 heterocycles. The van der Waals surface area contributed by atoms with E-state index in [4.69, 9.17) is 23.5 Å². The number of ether oxygens (including phenoxy) is 4. The van der Waals surface area contributed by atoms with E-state index in [1.54, 1.807) is 0 Å². The molecule has 158 valence electrons. The predicted octanol–water partition coefficient (Wildman–Crippen LogP) is 2.62. The van der Waals surface area contributed by atoms with Gasteiger partial charge in [-0.25, -0.2) is 4.18 Å². The van der Waals surface area contributed by atoms with Crippen LogP contribution in [-0.4, -0.2) is 72.4 Å². The van der Waals surface area contributed by atoms with Crippen LogP contribution in [-0.2, 0) is 33.5 Å². The monoisotopic (exact) mass is 400 g/mol. The topological polar surface area (TPSA) is 101 Å². The Hall–Kier alpha value is -0.290. The van der Waals surface area contributed by atoms with Gasteiger partial charge in [-0.15, -0.1) is 0 Å². The molecule has 0 aromatic rings. The Morgan fingerprint density at radius 3 is 1.42 bits per heavy atom. The lowest BCUT2D eigenvalue weighted by molar-refractivity contribution is -0.00498. The SMILES string of the molecule is CCCCCCCCCOCCOCCOCCOCCOS(=O)(=O)O. The van der Waals surface area contributed by atoms with Crippen LogP contribution in [0.2, 0.25) is 0 Å². The van der Waals surface area contributed by atoms with E-state index in [9.17, 15) is 8.42 Å². The molecular weight excluding hydrogens is 364 g/mol. The quantitative estimate of drug-likeness (QED) is 0.232. The van der Waals surface area contributed by atoms with E-state index in [0.29, 0.717) is 39.6 Å². The van der Waals surface area contributed by atoms with Crippen LogP contribution in [0.4, 0.5) is 0 Å².